The Morgan fingerprint density at radius 2 is 1.80 bits per heavy atom. The number of hydrogen-bond acceptors (Lipinski definition) is 3. The molecule has 0 saturated heterocycles. The zero-order valence-corrected chi connectivity index (χ0v) is 25.0. The first-order valence-electron chi connectivity index (χ1n) is 12.1. The number of anilines is 1. The van der Waals surface area contributed by atoms with E-state index < -0.39 is 15.8 Å². The number of carbonyl (C=O) groups is 2. The Labute approximate surface area is 227 Å². The minimum absolute atomic E-state index is 0.0525. The van der Waals surface area contributed by atoms with Crippen LogP contribution in [0.5, 0.6) is 0 Å². The quantitative estimate of drug-likeness (QED) is 0.287. The van der Waals surface area contributed by atoms with E-state index in [0.29, 0.717) is 6.04 Å². The van der Waals surface area contributed by atoms with Gasteiger partial charge < -0.3 is 0 Å². The number of rotatable bonds is 9. The van der Waals surface area contributed by atoms with Gasteiger partial charge in [-0.1, -0.05) is 0 Å². The van der Waals surface area contributed by atoms with Crippen molar-refractivity contribution in [3.8, 4) is 0 Å². The van der Waals surface area contributed by atoms with Crippen molar-refractivity contribution < 1.29 is 9.59 Å². The van der Waals surface area contributed by atoms with Crippen molar-refractivity contribution in [2.24, 2.45) is 0 Å². The summed E-state index contributed by atoms with van der Waals surface area (Å²) in [6.07, 6.45) is 9.27. The van der Waals surface area contributed by atoms with E-state index in [-0.39, 0.29) is 16.5 Å². The van der Waals surface area contributed by atoms with Crippen LogP contribution in [-0.2, 0) is 14.8 Å². The summed E-state index contributed by atoms with van der Waals surface area (Å²) in [6, 6.07) is 20.5. The topological polar surface area (TPSA) is 58.2 Å². The molecule has 1 aliphatic rings. The first-order chi connectivity index (χ1) is 17.1. The third-order valence-corrected chi connectivity index (χ3v) is 12.0. The fourth-order valence-corrected chi connectivity index (χ4v) is 8.94. The molecule has 35 heavy (non-hydrogen) atoms. The molecule has 3 aromatic rings. The van der Waals surface area contributed by atoms with Gasteiger partial charge in [-0.15, -0.1) is 0 Å². The molecule has 2 amide bonds. The molecule has 0 radical (unpaired) electrons. The normalized spacial score (nSPS) is 15.5. The number of para-hydroxylation sites is 1. The zero-order valence-electron chi connectivity index (χ0n) is 19.7. The standard InChI is InChI=1S/C28H32As2N2O2S/c29-24-10-4-5-11-25(24)32-26(33)17-14-20-12-15-21(16-13-20)27(30-19-23-9-6-18-35-23)28(34)31-22-7-2-1-3-8-22/h4-6,9-18,22,27,30H,1-3,7-8,19,29H2,(H,31,34)(H,32,33). The molecule has 0 bridgehead atoms. The Kier molecular flexibility index (Phi) is 9.89. The van der Waals surface area contributed by atoms with Gasteiger partial charge in [0.15, 0.2) is 0 Å². The first kappa shape index (κ1) is 26.0. The summed E-state index contributed by atoms with van der Waals surface area (Å²) in [4.78, 5) is 27.0. The maximum absolute atomic E-state index is 13.3. The molecule has 3 atom stereocenters. The van der Waals surface area contributed by atoms with E-state index in [4.69, 9.17) is 0 Å². The molecule has 4 nitrogen and oxygen atoms in total. The number of thiophene rings is 1. The molecular formula is C28H32As2N2O2S. The van der Waals surface area contributed by atoms with Crippen LogP contribution >= 0.6 is 11.3 Å². The molecule has 4 rings (SSSR count). The summed E-state index contributed by atoms with van der Waals surface area (Å²) in [5.74, 6) is 0.0440. The molecule has 1 fully saturated rings. The van der Waals surface area contributed by atoms with Gasteiger partial charge in [0.1, 0.15) is 0 Å². The van der Waals surface area contributed by atoms with Gasteiger partial charge in [-0.3, -0.25) is 0 Å². The van der Waals surface area contributed by atoms with Crippen LogP contribution in [0.2, 0.25) is 0 Å². The molecule has 1 aliphatic carbocycles. The Morgan fingerprint density at radius 3 is 2.51 bits per heavy atom. The monoisotopic (exact) mass is 610 g/mol. The predicted octanol–water partition coefficient (Wildman–Crippen LogP) is 3.79. The van der Waals surface area contributed by atoms with Crippen LogP contribution in [0.15, 0.2) is 72.1 Å². The van der Waals surface area contributed by atoms with Crippen molar-refractivity contribution in [3.63, 3.8) is 0 Å². The van der Waals surface area contributed by atoms with Crippen LogP contribution in [0.4, 0.5) is 5.69 Å². The average molecular weight is 610 g/mol. The minimum atomic E-state index is -0.544. The fourth-order valence-electron chi connectivity index (χ4n) is 4.27. The van der Waals surface area contributed by atoms with Gasteiger partial charge in [0.25, 0.3) is 0 Å². The summed E-state index contributed by atoms with van der Waals surface area (Å²) in [6.45, 7) is 0. The first-order valence-corrected chi connectivity index (χ1v) is 16.9. The predicted molar refractivity (Wildman–Crippen MR) is 152 cm³/mol. The van der Waals surface area contributed by atoms with E-state index in [1.165, 1.54) is 41.0 Å². The van der Waals surface area contributed by atoms with Crippen LogP contribution in [0.1, 0.15) is 52.8 Å². The van der Waals surface area contributed by atoms with E-state index in [1.807, 2.05) is 42.5 Å². The number of amides is 2. The Bertz CT molecular complexity index is 1140. The molecular weight excluding hydrogens is 578 g/mol. The Hall–Kier alpha value is -2.06. The summed E-state index contributed by atoms with van der Waals surface area (Å²) < 4.78 is 1.04. The van der Waals surface area contributed by atoms with Crippen LogP contribution in [0.3, 0.4) is 0 Å². The molecule has 2 N–H and O–H groups in total. The second kappa shape index (κ2) is 13.3. The number of benzene rings is 2. The third-order valence-electron chi connectivity index (χ3n) is 6.19. The summed E-state index contributed by atoms with van der Waals surface area (Å²) >= 11 is 2.71. The van der Waals surface area contributed by atoms with Gasteiger partial charge >= 0.3 is 228 Å². The molecule has 7 heteroatoms. The molecule has 3 unspecified atom stereocenters. The van der Waals surface area contributed by atoms with E-state index in [9.17, 15) is 9.59 Å². The molecule has 182 valence electrons. The van der Waals surface area contributed by atoms with Crippen molar-refractivity contribution in [2.45, 2.75) is 48.1 Å². The van der Waals surface area contributed by atoms with Crippen LogP contribution < -0.4 is 15.0 Å². The van der Waals surface area contributed by atoms with Crippen molar-refractivity contribution in [2.75, 3.05) is 5.32 Å². The zero-order chi connectivity index (χ0) is 24.5. The van der Waals surface area contributed by atoms with E-state index in [2.05, 4.69) is 40.3 Å². The van der Waals surface area contributed by atoms with E-state index in [1.54, 1.807) is 17.4 Å². The van der Waals surface area contributed by atoms with Gasteiger partial charge in [0, 0.05) is 0 Å². The Morgan fingerprint density at radius 1 is 1.03 bits per heavy atom. The number of nitrogens with one attached hydrogen (secondary N) is 2. The molecule has 1 saturated carbocycles. The number of hydrogen-bond donors (Lipinski definition) is 2. The third kappa shape index (κ3) is 7.97. The van der Waals surface area contributed by atoms with E-state index >= 15 is 0 Å². The van der Waals surface area contributed by atoms with Crippen molar-refractivity contribution in [1.82, 2.24) is 5.32 Å². The van der Waals surface area contributed by atoms with Gasteiger partial charge in [-0.25, -0.2) is 0 Å². The average Bonchev–Trinajstić information content (AvgIpc) is 3.39. The molecule has 0 spiro atoms. The van der Waals surface area contributed by atoms with Gasteiger partial charge in [-0.05, 0) is 0 Å². The van der Waals surface area contributed by atoms with Crippen LogP contribution in [-0.4, -0.2) is 50.5 Å². The van der Waals surface area contributed by atoms with E-state index in [0.717, 1.165) is 39.2 Å². The van der Waals surface area contributed by atoms with Crippen molar-refractivity contribution in [1.29, 1.82) is 0 Å². The van der Waals surface area contributed by atoms with Crippen LogP contribution in [0.25, 0.3) is 6.08 Å². The SMILES string of the molecule is O=C(C=Cc1ccc(C([AsH]Cc2cccs2)C(=O)NC2CCCCC2)cc1)Nc1ccccc1[AsH2]. The second-order valence-corrected chi connectivity index (χ2v) is 14.0. The molecule has 1 heterocycles. The molecule has 2 aromatic carbocycles. The van der Waals surface area contributed by atoms with Gasteiger partial charge in [0.05, 0.1) is 0 Å². The Balaban J connectivity index is 1.41. The molecule has 0 aliphatic heterocycles. The number of carbonyl (C=O) groups excluding carboxylic acids is 2. The molecule has 1 aromatic heterocycles. The summed E-state index contributed by atoms with van der Waals surface area (Å²) in [5.41, 5.74) is 2.88. The second-order valence-electron chi connectivity index (χ2n) is 8.81. The summed E-state index contributed by atoms with van der Waals surface area (Å²) in [5, 5.41) is 9.42. The van der Waals surface area contributed by atoms with Gasteiger partial charge in [-0.2, -0.15) is 0 Å². The van der Waals surface area contributed by atoms with Gasteiger partial charge in [0.2, 0.25) is 0 Å². The fraction of sp³-hybridized carbons (Fsp3) is 0.286. The van der Waals surface area contributed by atoms with Crippen molar-refractivity contribution >= 4 is 71.9 Å². The maximum atomic E-state index is 13.3. The van der Waals surface area contributed by atoms with Crippen molar-refractivity contribution in [3.05, 3.63) is 88.1 Å². The van der Waals surface area contributed by atoms with Crippen LogP contribution in [0, 0.1) is 0 Å². The summed E-state index contributed by atoms with van der Waals surface area (Å²) in [7, 11) is 0.